The normalized spacial score (nSPS) is 12.0. The lowest BCUT2D eigenvalue weighted by Crippen LogP contribution is -2.15. The lowest BCUT2D eigenvalue weighted by Gasteiger charge is -2.13. The van der Waals surface area contributed by atoms with E-state index in [4.69, 9.17) is 5.41 Å². The predicted octanol–water partition coefficient (Wildman–Crippen LogP) is 4.74. The van der Waals surface area contributed by atoms with Gasteiger partial charge in [-0.2, -0.15) is 13.2 Å². The van der Waals surface area contributed by atoms with E-state index in [9.17, 15) is 17.6 Å². The van der Waals surface area contributed by atoms with E-state index < -0.39 is 17.7 Å². The molecule has 0 fully saturated rings. The fraction of sp³-hybridized carbons (Fsp3) is 0.357. The van der Waals surface area contributed by atoms with Crippen LogP contribution >= 0.6 is 23.1 Å². The molecule has 0 spiro atoms. The van der Waals surface area contributed by atoms with Gasteiger partial charge in [-0.1, -0.05) is 0 Å². The second kappa shape index (κ2) is 6.08. The Balaban J connectivity index is 2.51. The van der Waals surface area contributed by atoms with E-state index in [1.54, 1.807) is 13.8 Å². The average Bonchev–Trinajstić information content (AvgIpc) is 2.62. The van der Waals surface area contributed by atoms with Gasteiger partial charge in [0.2, 0.25) is 0 Å². The number of alkyl halides is 3. The number of aromatic nitrogens is 1. The summed E-state index contributed by atoms with van der Waals surface area (Å²) < 4.78 is 52.8. The number of rotatable bonds is 3. The molecule has 0 amide bonds. The predicted molar refractivity (Wildman–Crippen MR) is 80.4 cm³/mol. The Labute approximate surface area is 133 Å². The second-order valence-electron chi connectivity index (χ2n) is 4.86. The molecular weight excluding hydrogens is 336 g/mol. The van der Waals surface area contributed by atoms with E-state index in [1.807, 2.05) is 6.92 Å². The number of benzene rings is 1. The van der Waals surface area contributed by atoms with Crippen molar-refractivity contribution in [2.24, 2.45) is 0 Å². The molecule has 1 N–H and O–H groups in total. The monoisotopic (exact) mass is 350 g/mol. The summed E-state index contributed by atoms with van der Waals surface area (Å²) in [6.07, 6.45) is -4.28. The number of hydrogen-bond donors (Lipinski definition) is 1. The van der Waals surface area contributed by atoms with Gasteiger partial charge in [0.05, 0.1) is 11.4 Å². The molecule has 2 nitrogen and oxygen atoms in total. The van der Waals surface area contributed by atoms with Gasteiger partial charge in [-0.05, 0) is 38.5 Å². The van der Waals surface area contributed by atoms with E-state index in [0.717, 1.165) is 4.88 Å². The molecule has 2 rings (SSSR count). The molecule has 0 unspecified atom stereocenters. The summed E-state index contributed by atoms with van der Waals surface area (Å²) >= 11 is 1.83. The summed E-state index contributed by atoms with van der Waals surface area (Å²) in [6, 6.07) is 2.60. The van der Waals surface area contributed by atoms with Crippen LogP contribution in [0.2, 0.25) is 0 Å². The van der Waals surface area contributed by atoms with Crippen LogP contribution in [-0.4, -0.2) is 16.5 Å². The van der Waals surface area contributed by atoms with Crippen molar-refractivity contribution < 1.29 is 17.6 Å². The number of nitrogens with zero attached hydrogens (tertiary/aromatic N) is 1. The van der Waals surface area contributed by atoms with Crippen LogP contribution in [0.5, 0.6) is 0 Å². The van der Waals surface area contributed by atoms with Gasteiger partial charge in [-0.15, -0.1) is 23.1 Å². The Bertz CT molecular complexity index is 759. The third kappa shape index (κ3) is 3.55. The van der Waals surface area contributed by atoms with Crippen molar-refractivity contribution in [2.75, 3.05) is 5.75 Å². The summed E-state index contributed by atoms with van der Waals surface area (Å²) in [4.78, 5) is 1.38. The Morgan fingerprint density at radius 1 is 1.23 bits per heavy atom. The van der Waals surface area contributed by atoms with E-state index in [0.29, 0.717) is 27.9 Å². The minimum absolute atomic E-state index is 0.113. The molecule has 0 bridgehead atoms. The van der Waals surface area contributed by atoms with Gasteiger partial charge in [0.25, 0.3) is 0 Å². The summed E-state index contributed by atoms with van der Waals surface area (Å²) in [5.74, 6) is -1.58. The highest BCUT2D eigenvalue weighted by atomic mass is 32.2. The van der Waals surface area contributed by atoms with Crippen molar-refractivity contribution in [3.8, 4) is 5.69 Å². The summed E-state index contributed by atoms with van der Waals surface area (Å²) in [7, 11) is 0. The first kappa shape index (κ1) is 17.1. The molecule has 1 aromatic heterocycles. The van der Waals surface area contributed by atoms with Gasteiger partial charge in [0.15, 0.2) is 4.80 Å². The van der Waals surface area contributed by atoms with Gasteiger partial charge in [-0.25, -0.2) is 4.39 Å². The minimum Gasteiger partial charge on any atom is -0.287 e. The molecule has 2 aromatic rings. The number of thioether (sulfide) groups is 1. The van der Waals surface area contributed by atoms with Crippen LogP contribution in [0.1, 0.15) is 16.1 Å². The van der Waals surface area contributed by atoms with E-state index in [1.165, 1.54) is 28.0 Å². The topological polar surface area (TPSA) is 28.8 Å². The molecular formula is C14H14F4N2S2. The molecule has 0 saturated heterocycles. The fourth-order valence-corrected chi connectivity index (χ4v) is 3.65. The van der Waals surface area contributed by atoms with E-state index in [-0.39, 0.29) is 10.5 Å². The zero-order valence-electron chi connectivity index (χ0n) is 12.1. The SMILES string of the molecule is Cc1cc(F)c(-n2c(C)c(C)sc2=N)cc1SCC(F)(F)F. The number of hydrogen-bond acceptors (Lipinski definition) is 3. The molecule has 0 aliphatic rings. The Hall–Kier alpha value is -1.28. The van der Waals surface area contributed by atoms with Gasteiger partial charge >= 0.3 is 6.18 Å². The lowest BCUT2D eigenvalue weighted by molar-refractivity contribution is -0.105. The van der Waals surface area contributed by atoms with Crippen molar-refractivity contribution in [1.82, 2.24) is 4.57 Å². The van der Waals surface area contributed by atoms with Crippen LogP contribution in [0, 0.1) is 32.0 Å². The molecule has 120 valence electrons. The van der Waals surface area contributed by atoms with Crippen LogP contribution in [0.3, 0.4) is 0 Å². The Kier molecular flexibility index (Phi) is 4.72. The highest BCUT2D eigenvalue weighted by Crippen LogP contribution is 2.32. The Morgan fingerprint density at radius 3 is 2.36 bits per heavy atom. The molecule has 0 saturated carbocycles. The molecule has 0 atom stereocenters. The third-order valence-electron chi connectivity index (χ3n) is 3.17. The molecule has 8 heteroatoms. The largest absolute Gasteiger partial charge is 0.398 e. The number of aryl methyl sites for hydroxylation is 2. The molecule has 0 radical (unpaired) electrons. The van der Waals surface area contributed by atoms with Crippen molar-refractivity contribution in [1.29, 1.82) is 5.41 Å². The zero-order chi connectivity index (χ0) is 16.7. The highest BCUT2D eigenvalue weighted by Gasteiger charge is 2.28. The molecule has 1 aromatic carbocycles. The summed E-state index contributed by atoms with van der Waals surface area (Å²) in [5.41, 5.74) is 1.28. The van der Waals surface area contributed by atoms with E-state index >= 15 is 0 Å². The van der Waals surface area contributed by atoms with E-state index in [2.05, 4.69) is 0 Å². The summed E-state index contributed by atoms with van der Waals surface area (Å²) in [5, 5.41) is 7.92. The van der Waals surface area contributed by atoms with Gasteiger partial charge in [0.1, 0.15) is 5.82 Å². The molecule has 0 aliphatic carbocycles. The maximum absolute atomic E-state index is 14.2. The van der Waals surface area contributed by atoms with Crippen LogP contribution in [-0.2, 0) is 0 Å². The molecule has 1 heterocycles. The van der Waals surface area contributed by atoms with Gasteiger partial charge < -0.3 is 0 Å². The first-order valence-corrected chi connectivity index (χ1v) is 8.14. The first-order valence-electron chi connectivity index (χ1n) is 6.34. The fourth-order valence-electron chi connectivity index (χ4n) is 1.99. The van der Waals surface area contributed by atoms with Gasteiger partial charge in [0, 0.05) is 15.5 Å². The Morgan fingerprint density at radius 2 is 1.86 bits per heavy atom. The lowest BCUT2D eigenvalue weighted by atomic mass is 10.2. The van der Waals surface area contributed by atoms with Crippen LogP contribution in [0.15, 0.2) is 17.0 Å². The molecule has 22 heavy (non-hydrogen) atoms. The quantitative estimate of drug-likeness (QED) is 0.629. The van der Waals surface area contributed by atoms with Crippen molar-refractivity contribution in [3.05, 3.63) is 38.9 Å². The maximum Gasteiger partial charge on any atom is 0.398 e. The van der Waals surface area contributed by atoms with Gasteiger partial charge in [-0.3, -0.25) is 9.98 Å². The van der Waals surface area contributed by atoms with Crippen molar-refractivity contribution >= 4 is 23.1 Å². The van der Waals surface area contributed by atoms with Crippen LogP contribution in [0.4, 0.5) is 17.6 Å². The highest BCUT2D eigenvalue weighted by molar-refractivity contribution is 7.99. The number of thiazole rings is 1. The first-order chi connectivity index (χ1) is 10.1. The smallest absolute Gasteiger partial charge is 0.287 e. The maximum atomic E-state index is 14.2. The standard InChI is InChI=1S/C14H14F4N2S2/c1-7-4-10(15)11(5-12(7)21-6-14(16,17)18)20-8(2)9(3)22-13(20)19/h4-5,19H,6H2,1-3H3. The minimum atomic E-state index is -4.28. The third-order valence-corrected chi connectivity index (χ3v) is 5.37. The number of nitrogens with one attached hydrogen (secondary N) is 1. The van der Waals surface area contributed by atoms with Crippen LogP contribution < -0.4 is 4.80 Å². The van der Waals surface area contributed by atoms with Crippen LogP contribution in [0.25, 0.3) is 5.69 Å². The molecule has 0 aliphatic heterocycles. The average molecular weight is 350 g/mol. The second-order valence-corrected chi connectivity index (χ2v) is 7.08. The summed E-state index contributed by atoms with van der Waals surface area (Å²) in [6.45, 7) is 5.15. The van der Waals surface area contributed by atoms with Crippen molar-refractivity contribution in [3.63, 3.8) is 0 Å². The van der Waals surface area contributed by atoms with Crippen molar-refractivity contribution in [2.45, 2.75) is 31.8 Å². The zero-order valence-corrected chi connectivity index (χ0v) is 13.8. The number of halogens is 4.